The Kier molecular flexibility index (Phi) is 6.70. The van der Waals surface area contributed by atoms with Crippen molar-refractivity contribution in [3.05, 3.63) is 12.2 Å². The van der Waals surface area contributed by atoms with Crippen molar-refractivity contribution in [2.75, 3.05) is 13.9 Å². The summed E-state index contributed by atoms with van der Waals surface area (Å²) < 4.78 is 9.86. The number of rotatable bonds is 5. The zero-order valence-electron chi connectivity index (χ0n) is 6.91. The summed E-state index contributed by atoms with van der Waals surface area (Å²) in [7, 11) is 1.58. The number of hydrogen-bond donors (Lipinski definition) is 0. The molecule has 0 fully saturated rings. The zero-order chi connectivity index (χ0) is 8.53. The molecule has 3 heteroatoms. The average molecular weight is 155 g/mol. The molecular weight excluding hydrogens is 142 g/mol. The fourth-order valence-corrected chi connectivity index (χ4v) is 0.565. The molecule has 0 saturated carbocycles. The largest absolute Gasteiger partial charge is 0.359 e. The highest BCUT2D eigenvalue weighted by Gasteiger charge is 1.96. The Labute approximate surface area is 67.2 Å². The fourth-order valence-electron chi connectivity index (χ4n) is 0.565. The Morgan fingerprint density at radius 3 is 2.91 bits per heavy atom. The summed E-state index contributed by atoms with van der Waals surface area (Å²) in [6.07, 6.45) is 4.09. The predicted molar refractivity (Wildman–Crippen MR) is 41.8 cm³/mol. The Morgan fingerprint density at radius 1 is 1.64 bits per heavy atom. The van der Waals surface area contributed by atoms with Gasteiger partial charge in [0.2, 0.25) is 0 Å². The van der Waals surface area contributed by atoms with Gasteiger partial charge in [0.1, 0.15) is 6.79 Å². The van der Waals surface area contributed by atoms with Crippen molar-refractivity contribution in [1.82, 2.24) is 0 Å². The summed E-state index contributed by atoms with van der Waals surface area (Å²) in [6, 6.07) is 1.91. The third-order valence-corrected chi connectivity index (χ3v) is 1.13. The van der Waals surface area contributed by atoms with Crippen LogP contribution in [0, 0.1) is 11.3 Å². The lowest BCUT2D eigenvalue weighted by Gasteiger charge is -2.08. The quantitative estimate of drug-likeness (QED) is 0.446. The maximum Gasteiger partial charge on any atom is 0.146 e. The molecule has 0 heterocycles. The van der Waals surface area contributed by atoms with Gasteiger partial charge in [-0.1, -0.05) is 6.08 Å². The van der Waals surface area contributed by atoms with Crippen LogP contribution in [0.4, 0.5) is 0 Å². The number of nitrogens with zero attached hydrogens (tertiary/aromatic N) is 1. The summed E-state index contributed by atoms with van der Waals surface area (Å²) in [5.41, 5.74) is 0. The van der Waals surface area contributed by atoms with Crippen molar-refractivity contribution in [3.8, 4) is 6.07 Å². The van der Waals surface area contributed by atoms with E-state index in [0.717, 1.165) is 6.42 Å². The van der Waals surface area contributed by atoms with E-state index in [1.54, 1.807) is 13.2 Å². The highest BCUT2D eigenvalue weighted by atomic mass is 16.7. The normalized spacial score (nSPS) is 13.2. The molecule has 11 heavy (non-hydrogen) atoms. The van der Waals surface area contributed by atoms with Crippen LogP contribution < -0.4 is 0 Å². The van der Waals surface area contributed by atoms with E-state index in [9.17, 15) is 0 Å². The van der Waals surface area contributed by atoms with Gasteiger partial charge in [-0.15, -0.1) is 0 Å². The number of ether oxygens (including phenoxy) is 2. The van der Waals surface area contributed by atoms with E-state index >= 15 is 0 Å². The van der Waals surface area contributed by atoms with Crippen LogP contribution in [0.1, 0.15) is 13.3 Å². The molecule has 0 aromatic rings. The van der Waals surface area contributed by atoms with E-state index in [2.05, 4.69) is 0 Å². The molecule has 3 nitrogen and oxygen atoms in total. The van der Waals surface area contributed by atoms with Gasteiger partial charge in [-0.2, -0.15) is 5.26 Å². The number of methoxy groups -OCH3 is 1. The highest BCUT2D eigenvalue weighted by Crippen LogP contribution is 1.97. The van der Waals surface area contributed by atoms with Gasteiger partial charge in [-0.3, -0.25) is 0 Å². The van der Waals surface area contributed by atoms with E-state index in [-0.39, 0.29) is 6.10 Å². The average Bonchev–Trinajstić information content (AvgIpc) is 2.01. The van der Waals surface area contributed by atoms with E-state index in [1.165, 1.54) is 6.08 Å². The maximum absolute atomic E-state index is 8.15. The molecule has 0 radical (unpaired) electrons. The zero-order valence-corrected chi connectivity index (χ0v) is 6.91. The first-order chi connectivity index (χ1) is 5.31. The summed E-state index contributed by atoms with van der Waals surface area (Å²) in [5.74, 6) is 0. The molecule has 0 amide bonds. The summed E-state index contributed by atoms with van der Waals surface area (Å²) in [4.78, 5) is 0. The van der Waals surface area contributed by atoms with E-state index < -0.39 is 0 Å². The van der Waals surface area contributed by atoms with Crippen LogP contribution in [0.3, 0.4) is 0 Å². The number of hydrogen-bond acceptors (Lipinski definition) is 3. The molecular formula is C8H13NO2. The van der Waals surface area contributed by atoms with E-state index in [1.807, 2.05) is 13.0 Å². The summed E-state index contributed by atoms with van der Waals surface area (Å²) in [5, 5.41) is 8.15. The van der Waals surface area contributed by atoms with Crippen molar-refractivity contribution in [2.24, 2.45) is 0 Å². The summed E-state index contributed by atoms with van der Waals surface area (Å²) >= 11 is 0. The second kappa shape index (κ2) is 7.26. The summed E-state index contributed by atoms with van der Waals surface area (Å²) in [6.45, 7) is 2.24. The van der Waals surface area contributed by atoms with Gasteiger partial charge in [0.15, 0.2) is 0 Å². The molecule has 0 aliphatic heterocycles. The fraction of sp³-hybridized carbons (Fsp3) is 0.625. The third kappa shape index (κ3) is 7.04. The first kappa shape index (κ1) is 10.2. The lowest BCUT2D eigenvalue weighted by atomic mass is 10.3. The van der Waals surface area contributed by atoms with E-state index in [0.29, 0.717) is 6.79 Å². The minimum Gasteiger partial charge on any atom is -0.359 e. The van der Waals surface area contributed by atoms with Gasteiger partial charge in [0.05, 0.1) is 12.2 Å². The van der Waals surface area contributed by atoms with Crippen molar-refractivity contribution >= 4 is 0 Å². The molecule has 1 atom stereocenters. The number of allylic oxidation sites excluding steroid dienone is 1. The monoisotopic (exact) mass is 155 g/mol. The van der Waals surface area contributed by atoms with Crippen molar-refractivity contribution in [1.29, 1.82) is 5.26 Å². The van der Waals surface area contributed by atoms with Crippen LogP contribution in [-0.4, -0.2) is 20.0 Å². The molecule has 0 aromatic heterocycles. The van der Waals surface area contributed by atoms with E-state index in [4.69, 9.17) is 14.7 Å². The standard InChI is InChI=1S/C8H13NO2/c1-8(11-7-10-2)5-3-4-6-9/h3-4,8H,5,7H2,1-2H3/b4-3+. The minimum absolute atomic E-state index is 0.111. The molecule has 0 aliphatic carbocycles. The molecule has 62 valence electrons. The third-order valence-electron chi connectivity index (χ3n) is 1.13. The van der Waals surface area contributed by atoms with Gasteiger partial charge < -0.3 is 9.47 Å². The first-order valence-electron chi connectivity index (χ1n) is 3.46. The van der Waals surface area contributed by atoms with Crippen LogP contribution in [0.25, 0.3) is 0 Å². The predicted octanol–water partition coefficient (Wildman–Crippen LogP) is 1.47. The maximum atomic E-state index is 8.15. The van der Waals surface area contributed by atoms with Crippen molar-refractivity contribution in [2.45, 2.75) is 19.4 Å². The Balaban J connectivity index is 3.30. The van der Waals surface area contributed by atoms with Gasteiger partial charge in [0, 0.05) is 13.2 Å². The molecule has 0 aromatic carbocycles. The number of nitriles is 1. The lowest BCUT2D eigenvalue weighted by Crippen LogP contribution is -2.08. The second-order valence-corrected chi connectivity index (χ2v) is 2.15. The van der Waals surface area contributed by atoms with Gasteiger partial charge in [0.25, 0.3) is 0 Å². The lowest BCUT2D eigenvalue weighted by molar-refractivity contribution is -0.0638. The molecule has 0 bridgehead atoms. The Morgan fingerprint density at radius 2 is 2.36 bits per heavy atom. The van der Waals surface area contributed by atoms with Crippen LogP contribution in [-0.2, 0) is 9.47 Å². The Bertz CT molecular complexity index is 149. The topological polar surface area (TPSA) is 42.2 Å². The molecule has 0 aliphatic rings. The van der Waals surface area contributed by atoms with Gasteiger partial charge >= 0.3 is 0 Å². The molecule has 0 saturated heterocycles. The van der Waals surface area contributed by atoms with Gasteiger partial charge in [-0.05, 0) is 13.3 Å². The van der Waals surface area contributed by atoms with Crippen molar-refractivity contribution < 1.29 is 9.47 Å². The van der Waals surface area contributed by atoms with Crippen molar-refractivity contribution in [3.63, 3.8) is 0 Å². The molecule has 0 N–H and O–H groups in total. The van der Waals surface area contributed by atoms with Crippen LogP contribution in [0.5, 0.6) is 0 Å². The van der Waals surface area contributed by atoms with Crippen LogP contribution in [0.15, 0.2) is 12.2 Å². The molecule has 0 spiro atoms. The first-order valence-corrected chi connectivity index (χ1v) is 3.46. The molecule has 0 rings (SSSR count). The SMILES string of the molecule is COCOC(C)C/C=C/C#N. The van der Waals surface area contributed by atoms with Crippen LogP contribution >= 0.6 is 0 Å². The highest BCUT2D eigenvalue weighted by molar-refractivity contribution is 5.01. The second-order valence-electron chi connectivity index (χ2n) is 2.15. The molecule has 1 unspecified atom stereocenters. The Hall–Kier alpha value is -0.850. The minimum atomic E-state index is 0.111. The van der Waals surface area contributed by atoms with Crippen LogP contribution in [0.2, 0.25) is 0 Å². The van der Waals surface area contributed by atoms with Gasteiger partial charge in [-0.25, -0.2) is 0 Å². The smallest absolute Gasteiger partial charge is 0.146 e.